The van der Waals surface area contributed by atoms with Gasteiger partial charge in [0.1, 0.15) is 0 Å². The number of nitrogens with one attached hydrogen (secondary N) is 1. The molecule has 20 heavy (non-hydrogen) atoms. The Morgan fingerprint density at radius 3 is 2.40 bits per heavy atom. The third-order valence-corrected chi connectivity index (χ3v) is 5.05. The second-order valence-electron chi connectivity index (χ2n) is 5.35. The van der Waals surface area contributed by atoms with Crippen molar-refractivity contribution in [2.75, 3.05) is 6.54 Å². The lowest BCUT2D eigenvalue weighted by Crippen LogP contribution is -2.23. The Morgan fingerprint density at radius 2 is 1.80 bits per heavy atom. The molecule has 0 fully saturated rings. The highest BCUT2D eigenvalue weighted by molar-refractivity contribution is 7.10. The first kappa shape index (κ1) is 15.3. The fourth-order valence-corrected chi connectivity index (χ4v) is 3.90. The van der Waals surface area contributed by atoms with Crippen molar-refractivity contribution < 1.29 is 0 Å². The molecule has 1 N–H and O–H groups in total. The van der Waals surface area contributed by atoms with Crippen LogP contribution in [0.1, 0.15) is 47.0 Å². The van der Waals surface area contributed by atoms with Gasteiger partial charge in [0, 0.05) is 10.9 Å². The van der Waals surface area contributed by atoms with Crippen LogP contribution in [-0.2, 0) is 12.8 Å². The van der Waals surface area contributed by atoms with Gasteiger partial charge in [-0.2, -0.15) is 0 Å². The molecule has 1 heterocycles. The average Bonchev–Trinajstić information content (AvgIpc) is 2.90. The molecule has 0 amide bonds. The summed E-state index contributed by atoms with van der Waals surface area (Å²) in [5, 5.41) is 5.90. The number of likely N-dealkylation sites (N-methyl/N-ethyl adjacent to an activating group) is 1. The van der Waals surface area contributed by atoms with E-state index in [0.717, 1.165) is 19.4 Å². The van der Waals surface area contributed by atoms with Gasteiger partial charge in [0.05, 0.1) is 0 Å². The summed E-state index contributed by atoms with van der Waals surface area (Å²) in [5.74, 6) is 0. The summed E-state index contributed by atoms with van der Waals surface area (Å²) in [7, 11) is 0. The fraction of sp³-hybridized carbons (Fsp3) is 0.444. The highest BCUT2D eigenvalue weighted by Gasteiger charge is 2.17. The van der Waals surface area contributed by atoms with Crippen LogP contribution in [0, 0.1) is 13.8 Å². The molecule has 2 aromatic rings. The second kappa shape index (κ2) is 7.05. The summed E-state index contributed by atoms with van der Waals surface area (Å²) in [6, 6.07) is 9.31. The SMILES string of the molecule is CCNC(Cc1c(C)cccc1C)c1sccc1CC. The lowest BCUT2D eigenvalue weighted by molar-refractivity contribution is 0.552. The van der Waals surface area contributed by atoms with Crippen molar-refractivity contribution in [3.8, 4) is 0 Å². The average molecular weight is 287 g/mol. The van der Waals surface area contributed by atoms with E-state index in [1.807, 2.05) is 11.3 Å². The topological polar surface area (TPSA) is 12.0 Å². The third kappa shape index (κ3) is 3.31. The number of rotatable bonds is 6. The van der Waals surface area contributed by atoms with Crippen molar-refractivity contribution in [2.45, 2.75) is 46.6 Å². The maximum absolute atomic E-state index is 3.67. The lowest BCUT2D eigenvalue weighted by atomic mass is 9.94. The first-order valence-electron chi connectivity index (χ1n) is 7.52. The molecule has 1 aromatic carbocycles. The molecule has 2 heteroatoms. The van der Waals surface area contributed by atoms with E-state index in [-0.39, 0.29) is 0 Å². The summed E-state index contributed by atoms with van der Waals surface area (Å²) in [5.41, 5.74) is 5.80. The van der Waals surface area contributed by atoms with E-state index in [4.69, 9.17) is 0 Å². The summed E-state index contributed by atoms with van der Waals surface area (Å²) < 4.78 is 0. The number of hydrogen-bond acceptors (Lipinski definition) is 2. The molecule has 0 saturated carbocycles. The van der Waals surface area contributed by atoms with Gasteiger partial charge in [0.15, 0.2) is 0 Å². The normalized spacial score (nSPS) is 12.6. The van der Waals surface area contributed by atoms with E-state index >= 15 is 0 Å². The van der Waals surface area contributed by atoms with Gasteiger partial charge in [0.2, 0.25) is 0 Å². The van der Waals surface area contributed by atoms with Crippen LogP contribution in [0.3, 0.4) is 0 Å². The van der Waals surface area contributed by atoms with Crippen molar-refractivity contribution in [3.63, 3.8) is 0 Å². The largest absolute Gasteiger partial charge is 0.309 e. The first-order chi connectivity index (χ1) is 9.67. The molecule has 0 saturated heterocycles. The van der Waals surface area contributed by atoms with Crippen LogP contribution in [0.15, 0.2) is 29.6 Å². The number of aryl methyl sites for hydroxylation is 3. The monoisotopic (exact) mass is 287 g/mol. The van der Waals surface area contributed by atoms with Gasteiger partial charge in [-0.25, -0.2) is 0 Å². The molecule has 108 valence electrons. The summed E-state index contributed by atoms with van der Waals surface area (Å²) in [4.78, 5) is 1.51. The van der Waals surface area contributed by atoms with Crippen molar-refractivity contribution in [2.24, 2.45) is 0 Å². The molecule has 1 atom stereocenters. The Morgan fingerprint density at radius 1 is 1.10 bits per heavy atom. The lowest BCUT2D eigenvalue weighted by Gasteiger charge is -2.21. The number of thiophene rings is 1. The maximum Gasteiger partial charge on any atom is 0.0458 e. The Hall–Kier alpha value is -1.12. The number of benzene rings is 1. The molecule has 0 aliphatic heterocycles. The minimum absolute atomic E-state index is 0.440. The molecule has 1 unspecified atom stereocenters. The quantitative estimate of drug-likeness (QED) is 0.803. The molecule has 2 rings (SSSR count). The zero-order valence-corrected chi connectivity index (χ0v) is 13.8. The molecule has 0 aliphatic rings. The van der Waals surface area contributed by atoms with Gasteiger partial charge < -0.3 is 5.32 Å². The maximum atomic E-state index is 3.67. The van der Waals surface area contributed by atoms with E-state index in [0.29, 0.717) is 6.04 Å². The van der Waals surface area contributed by atoms with Gasteiger partial charge in [-0.15, -0.1) is 11.3 Å². The van der Waals surface area contributed by atoms with E-state index in [1.165, 1.54) is 27.1 Å². The third-order valence-electron chi connectivity index (χ3n) is 3.98. The van der Waals surface area contributed by atoms with Crippen LogP contribution >= 0.6 is 11.3 Å². The molecule has 0 spiro atoms. The van der Waals surface area contributed by atoms with Crippen LogP contribution in [0.25, 0.3) is 0 Å². The van der Waals surface area contributed by atoms with Gasteiger partial charge in [-0.05, 0) is 66.9 Å². The van der Waals surface area contributed by atoms with Gasteiger partial charge in [-0.3, -0.25) is 0 Å². The smallest absolute Gasteiger partial charge is 0.0458 e. The van der Waals surface area contributed by atoms with Crippen molar-refractivity contribution in [1.82, 2.24) is 5.32 Å². The van der Waals surface area contributed by atoms with Crippen molar-refractivity contribution >= 4 is 11.3 Å². The Labute approximate surface area is 127 Å². The predicted octanol–water partition coefficient (Wildman–Crippen LogP) is 4.82. The highest BCUT2D eigenvalue weighted by atomic mass is 32.1. The fourth-order valence-electron chi connectivity index (χ4n) is 2.82. The zero-order chi connectivity index (χ0) is 14.5. The van der Waals surface area contributed by atoms with Gasteiger partial charge in [0.25, 0.3) is 0 Å². The van der Waals surface area contributed by atoms with Gasteiger partial charge >= 0.3 is 0 Å². The molecular formula is C18H25NS. The Kier molecular flexibility index (Phi) is 5.38. The van der Waals surface area contributed by atoms with E-state index < -0.39 is 0 Å². The standard InChI is InChI=1S/C18H25NS/c1-5-15-10-11-20-18(15)17(19-6-2)12-16-13(3)8-7-9-14(16)4/h7-11,17,19H,5-6,12H2,1-4H3. The summed E-state index contributed by atoms with van der Waals surface area (Å²) >= 11 is 1.89. The molecule has 1 nitrogen and oxygen atoms in total. The van der Waals surface area contributed by atoms with Crippen LogP contribution in [0.4, 0.5) is 0 Å². The van der Waals surface area contributed by atoms with Gasteiger partial charge in [-0.1, -0.05) is 32.0 Å². The van der Waals surface area contributed by atoms with E-state index in [9.17, 15) is 0 Å². The molecule has 0 aliphatic carbocycles. The molecule has 1 aromatic heterocycles. The van der Waals surface area contributed by atoms with E-state index in [2.05, 4.69) is 62.7 Å². The summed E-state index contributed by atoms with van der Waals surface area (Å²) in [6.45, 7) is 9.89. The highest BCUT2D eigenvalue weighted by Crippen LogP contribution is 2.29. The predicted molar refractivity (Wildman–Crippen MR) is 89.7 cm³/mol. The van der Waals surface area contributed by atoms with Crippen LogP contribution < -0.4 is 5.32 Å². The summed E-state index contributed by atoms with van der Waals surface area (Å²) in [6.07, 6.45) is 2.20. The zero-order valence-electron chi connectivity index (χ0n) is 13.0. The number of hydrogen-bond donors (Lipinski definition) is 1. The molecule has 0 bridgehead atoms. The van der Waals surface area contributed by atoms with E-state index in [1.54, 1.807) is 0 Å². The molecular weight excluding hydrogens is 262 g/mol. The minimum atomic E-state index is 0.440. The van der Waals surface area contributed by atoms with Crippen molar-refractivity contribution in [3.05, 3.63) is 56.8 Å². The minimum Gasteiger partial charge on any atom is -0.309 e. The Balaban J connectivity index is 2.30. The first-order valence-corrected chi connectivity index (χ1v) is 8.40. The van der Waals surface area contributed by atoms with Crippen LogP contribution in [-0.4, -0.2) is 6.54 Å². The second-order valence-corrected chi connectivity index (χ2v) is 6.30. The van der Waals surface area contributed by atoms with Crippen LogP contribution in [0.5, 0.6) is 0 Å². The van der Waals surface area contributed by atoms with Crippen molar-refractivity contribution in [1.29, 1.82) is 0 Å². The Bertz CT molecular complexity index is 536. The van der Waals surface area contributed by atoms with Crippen LogP contribution in [0.2, 0.25) is 0 Å². The molecule has 0 radical (unpaired) electrons.